The Morgan fingerprint density at radius 3 is 2.81 bits per heavy atom. The standard InChI is InChI=1S/C12H17NO3/c1-8(12(14)15)6-11(13)9-4-3-5-10(7-9)16-2/h3-5,7-8,11H,6,13H2,1-2H3,(H,14,15). The first-order valence-electron chi connectivity index (χ1n) is 5.17. The molecule has 0 heterocycles. The first-order chi connectivity index (χ1) is 7.54. The van der Waals surface area contributed by atoms with E-state index >= 15 is 0 Å². The molecule has 4 nitrogen and oxygen atoms in total. The number of carbonyl (C=O) groups is 1. The number of carboxylic acids is 1. The van der Waals surface area contributed by atoms with Gasteiger partial charge in [0.05, 0.1) is 13.0 Å². The Balaban J connectivity index is 2.72. The SMILES string of the molecule is COc1cccc(C(N)CC(C)C(=O)O)c1. The zero-order valence-electron chi connectivity index (χ0n) is 9.51. The highest BCUT2D eigenvalue weighted by Gasteiger charge is 2.16. The number of nitrogens with two attached hydrogens (primary N) is 1. The van der Waals surface area contributed by atoms with E-state index in [-0.39, 0.29) is 6.04 Å². The van der Waals surface area contributed by atoms with Gasteiger partial charge in [0.1, 0.15) is 5.75 Å². The van der Waals surface area contributed by atoms with E-state index in [1.165, 1.54) is 0 Å². The molecule has 4 heteroatoms. The van der Waals surface area contributed by atoms with E-state index < -0.39 is 11.9 Å². The Hall–Kier alpha value is -1.55. The maximum Gasteiger partial charge on any atom is 0.306 e. The highest BCUT2D eigenvalue weighted by molar-refractivity contribution is 5.69. The summed E-state index contributed by atoms with van der Waals surface area (Å²) in [5, 5.41) is 8.80. The lowest BCUT2D eigenvalue weighted by molar-refractivity contribution is -0.141. The average molecular weight is 223 g/mol. The van der Waals surface area contributed by atoms with E-state index in [9.17, 15) is 4.79 Å². The van der Waals surface area contributed by atoms with E-state index in [1.807, 2.05) is 24.3 Å². The number of aliphatic carboxylic acids is 1. The summed E-state index contributed by atoms with van der Waals surface area (Å²) in [5.41, 5.74) is 6.83. The predicted octanol–water partition coefficient (Wildman–Crippen LogP) is 1.81. The third-order valence-electron chi connectivity index (χ3n) is 2.55. The minimum atomic E-state index is -0.821. The van der Waals surface area contributed by atoms with Crippen LogP contribution in [0.3, 0.4) is 0 Å². The van der Waals surface area contributed by atoms with Gasteiger partial charge in [-0.3, -0.25) is 4.79 Å². The molecule has 2 unspecified atom stereocenters. The molecule has 0 aromatic heterocycles. The average Bonchev–Trinajstić information content (AvgIpc) is 2.28. The van der Waals surface area contributed by atoms with Gasteiger partial charge in [0, 0.05) is 6.04 Å². The molecule has 0 radical (unpaired) electrons. The van der Waals surface area contributed by atoms with Gasteiger partial charge in [-0.05, 0) is 24.1 Å². The molecule has 0 saturated carbocycles. The fourth-order valence-electron chi connectivity index (χ4n) is 1.49. The lowest BCUT2D eigenvalue weighted by Gasteiger charge is -2.15. The first kappa shape index (κ1) is 12.5. The van der Waals surface area contributed by atoms with Gasteiger partial charge in [-0.2, -0.15) is 0 Å². The summed E-state index contributed by atoms with van der Waals surface area (Å²) in [5.74, 6) is -0.532. The lowest BCUT2D eigenvalue weighted by atomic mass is 9.96. The zero-order valence-corrected chi connectivity index (χ0v) is 9.51. The molecule has 0 bridgehead atoms. The number of hydrogen-bond donors (Lipinski definition) is 2. The van der Waals surface area contributed by atoms with Gasteiger partial charge >= 0.3 is 5.97 Å². The molecule has 0 aliphatic carbocycles. The van der Waals surface area contributed by atoms with Crippen molar-refractivity contribution in [2.45, 2.75) is 19.4 Å². The van der Waals surface area contributed by atoms with Crippen LogP contribution >= 0.6 is 0 Å². The number of methoxy groups -OCH3 is 1. The third-order valence-corrected chi connectivity index (χ3v) is 2.55. The molecule has 0 fully saturated rings. The summed E-state index contributed by atoms with van der Waals surface area (Å²) in [6.45, 7) is 1.66. The fourth-order valence-corrected chi connectivity index (χ4v) is 1.49. The second-order valence-corrected chi connectivity index (χ2v) is 3.86. The summed E-state index contributed by atoms with van der Waals surface area (Å²) in [7, 11) is 1.59. The molecule has 0 saturated heterocycles. The first-order valence-corrected chi connectivity index (χ1v) is 5.17. The molecule has 0 spiro atoms. The Labute approximate surface area is 95.0 Å². The monoisotopic (exact) mass is 223 g/mol. The molecule has 88 valence electrons. The van der Waals surface area contributed by atoms with Crippen molar-refractivity contribution in [2.24, 2.45) is 11.7 Å². The summed E-state index contributed by atoms with van der Waals surface area (Å²) >= 11 is 0. The van der Waals surface area contributed by atoms with Gasteiger partial charge < -0.3 is 15.6 Å². The van der Waals surface area contributed by atoms with Crippen LogP contribution in [-0.2, 0) is 4.79 Å². The van der Waals surface area contributed by atoms with Crippen molar-refractivity contribution in [3.05, 3.63) is 29.8 Å². The minimum absolute atomic E-state index is 0.277. The minimum Gasteiger partial charge on any atom is -0.497 e. The van der Waals surface area contributed by atoms with Crippen molar-refractivity contribution in [2.75, 3.05) is 7.11 Å². The van der Waals surface area contributed by atoms with Gasteiger partial charge in [0.2, 0.25) is 0 Å². The Bertz CT molecular complexity index is 365. The molecule has 2 atom stereocenters. The van der Waals surface area contributed by atoms with Crippen LogP contribution in [0.15, 0.2) is 24.3 Å². The summed E-state index contributed by atoms with van der Waals surface area (Å²) in [6.07, 6.45) is 0.419. The molecule has 1 rings (SSSR count). The van der Waals surface area contributed by atoms with E-state index in [2.05, 4.69) is 0 Å². The number of rotatable bonds is 5. The summed E-state index contributed by atoms with van der Waals surface area (Å²) < 4.78 is 5.09. The largest absolute Gasteiger partial charge is 0.497 e. The number of carboxylic acid groups (broad SMARTS) is 1. The van der Waals surface area contributed by atoms with Gasteiger partial charge in [0.15, 0.2) is 0 Å². The molecule has 16 heavy (non-hydrogen) atoms. The second kappa shape index (κ2) is 5.51. The summed E-state index contributed by atoms with van der Waals surface area (Å²) in [4.78, 5) is 10.7. The summed E-state index contributed by atoms with van der Waals surface area (Å²) in [6, 6.07) is 7.11. The van der Waals surface area contributed by atoms with Crippen LogP contribution in [0.5, 0.6) is 5.75 Å². The molecule has 3 N–H and O–H groups in total. The van der Waals surface area contributed by atoms with Crippen molar-refractivity contribution in [1.29, 1.82) is 0 Å². The molecular weight excluding hydrogens is 206 g/mol. The van der Waals surface area contributed by atoms with Crippen molar-refractivity contribution in [3.63, 3.8) is 0 Å². The molecule has 1 aromatic carbocycles. The van der Waals surface area contributed by atoms with Crippen LogP contribution in [0, 0.1) is 5.92 Å². The smallest absolute Gasteiger partial charge is 0.306 e. The van der Waals surface area contributed by atoms with Crippen LogP contribution in [0.1, 0.15) is 24.9 Å². The van der Waals surface area contributed by atoms with Gasteiger partial charge in [0.25, 0.3) is 0 Å². The molecule has 0 aliphatic heterocycles. The quantitative estimate of drug-likeness (QED) is 0.798. The van der Waals surface area contributed by atoms with Gasteiger partial charge in [-0.1, -0.05) is 19.1 Å². The molecule has 0 amide bonds. The van der Waals surface area contributed by atoms with E-state index in [4.69, 9.17) is 15.6 Å². The third kappa shape index (κ3) is 3.24. The predicted molar refractivity (Wildman–Crippen MR) is 61.3 cm³/mol. The number of benzene rings is 1. The maximum atomic E-state index is 10.7. The van der Waals surface area contributed by atoms with E-state index in [0.29, 0.717) is 6.42 Å². The topological polar surface area (TPSA) is 72.5 Å². The molecular formula is C12H17NO3. The van der Waals surface area contributed by atoms with Crippen molar-refractivity contribution >= 4 is 5.97 Å². The maximum absolute atomic E-state index is 10.7. The lowest BCUT2D eigenvalue weighted by Crippen LogP contribution is -2.19. The highest BCUT2D eigenvalue weighted by Crippen LogP contribution is 2.22. The highest BCUT2D eigenvalue weighted by atomic mass is 16.5. The van der Waals surface area contributed by atoms with Crippen LogP contribution in [-0.4, -0.2) is 18.2 Å². The zero-order chi connectivity index (χ0) is 12.1. The molecule has 1 aromatic rings. The van der Waals surface area contributed by atoms with E-state index in [0.717, 1.165) is 11.3 Å². The normalized spacial score (nSPS) is 14.2. The van der Waals surface area contributed by atoms with Crippen LogP contribution in [0.4, 0.5) is 0 Å². The molecule has 0 aliphatic rings. The fraction of sp³-hybridized carbons (Fsp3) is 0.417. The van der Waals surface area contributed by atoms with Gasteiger partial charge in [-0.25, -0.2) is 0 Å². The van der Waals surface area contributed by atoms with Crippen molar-refractivity contribution in [1.82, 2.24) is 0 Å². The second-order valence-electron chi connectivity index (χ2n) is 3.86. The van der Waals surface area contributed by atoms with Crippen LogP contribution in [0.25, 0.3) is 0 Å². The van der Waals surface area contributed by atoms with E-state index in [1.54, 1.807) is 14.0 Å². The Morgan fingerprint density at radius 1 is 1.56 bits per heavy atom. The van der Waals surface area contributed by atoms with Gasteiger partial charge in [-0.15, -0.1) is 0 Å². The Kier molecular flexibility index (Phi) is 4.31. The van der Waals surface area contributed by atoms with Crippen molar-refractivity contribution < 1.29 is 14.6 Å². The Morgan fingerprint density at radius 2 is 2.25 bits per heavy atom. The number of hydrogen-bond acceptors (Lipinski definition) is 3. The van der Waals surface area contributed by atoms with Crippen LogP contribution < -0.4 is 10.5 Å². The van der Waals surface area contributed by atoms with Crippen LogP contribution in [0.2, 0.25) is 0 Å². The van der Waals surface area contributed by atoms with Crippen molar-refractivity contribution in [3.8, 4) is 5.75 Å². The number of ether oxygens (including phenoxy) is 1.